The Kier molecular flexibility index (Phi) is 6.79. The molecule has 1 rings (SSSR count). The van der Waals surface area contributed by atoms with Gasteiger partial charge in [0.2, 0.25) is 5.96 Å². The molecule has 11 nitrogen and oxygen atoms in total. The summed E-state index contributed by atoms with van der Waals surface area (Å²) in [4.78, 5) is 29.0. The number of nitrogen functional groups attached to an aromatic ring is 1. The summed E-state index contributed by atoms with van der Waals surface area (Å²) in [6.45, 7) is 9.91. The molecular weight excluding hydrogens is 356 g/mol. The van der Waals surface area contributed by atoms with Crippen LogP contribution in [0.25, 0.3) is 0 Å². The Labute approximate surface area is 157 Å². The molecular formula is C16H28N6O5. The number of rotatable bonds is 3. The van der Waals surface area contributed by atoms with E-state index in [2.05, 4.69) is 10.1 Å². The Morgan fingerprint density at radius 1 is 1.22 bits per heavy atom. The van der Waals surface area contributed by atoms with Crippen molar-refractivity contribution in [3.8, 4) is 0 Å². The number of ether oxygens (including phenoxy) is 2. The summed E-state index contributed by atoms with van der Waals surface area (Å²) < 4.78 is 11.7. The number of aliphatic hydroxyl groups is 1. The van der Waals surface area contributed by atoms with Crippen LogP contribution in [-0.2, 0) is 16.0 Å². The number of aromatic nitrogens is 2. The minimum absolute atomic E-state index is 0.0391. The van der Waals surface area contributed by atoms with Crippen LogP contribution in [0.4, 0.5) is 21.1 Å². The maximum atomic E-state index is 12.6. The van der Waals surface area contributed by atoms with Crippen molar-refractivity contribution < 1.29 is 24.2 Å². The Morgan fingerprint density at radius 2 is 1.78 bits per heavy atom. The van der Waals surface area contributed by atoms with E-state index in [9.17, 15) is 9.59 Å². The van der Waals surface area contributed by atoms with E-state index in [1.165, 1.54) is 10.9 Å². The van der Waals surface area contributed by atoms with Gasteiger partial charge < -0.3 is 26.0 Å². The second kappa shape index (κ2) is 8.25. The van der Waals surface area contributed by atoms with Crippen molar-refractivity contribution in [2.45, 2.75) is 59.3 Å². The topological polar surface area (TPSA) is 158 Å². The summed E-state index contributed by atoms with van der Waals surface area (Å²) in [5.41, 5.74) is 10.3. The molecule has 0 aliphatic carbocycles. The van der Waals surface area contributed by atoms with E-state index >= 15 is 0 Å². The van der Waals surface area contributed by atoms with Gasteiger partial charge in [-0.05, 0) is 41.5 Å². The molecule has 0 atom stereocenters. The molecule has 0 aromatic carbocycles. The van der Waals surface area contributed by atoms with Gasteiger partial charge in [0.05, 0.1) is 19.3 Å². The molecule has 0 bridgehead atoms. The monoisotopic (exact) mass is 384 g/mol. The van der Waals surface area contributed by atoms with Crippen LogP contribution in [0.2, 0.25) is 0 Å². The fourth-order valence-corrected chi connectivity index (χ4v) is 1.88. The van der Waals surface area contributed by atoms with Gasteiger partial charge in [-0.25, -0.2) is 19.2 Å². The number of hydrogen-bond acceptors (Lipinski definition) is 7. The van der Waals surface area contributed by atoms with E-state index < -0.39 is 29.3 Å². The summed E-state index contributed by atoms with van der Waals surface area (Å²) in [6.07, 6.45) is -0.621. The second-order valence-electron chi connectivity index (χ2n) is 7.63. The van der Waals surface area contributed by atoms with Crippen molar-refractivity contribution in [1.29, 1.82) is 0 Å². The lowest BCUT2D eigenvalue weighted by Crippen LogP contribution is -2.45. The van der Waals surface area contributed by atoms with Crippen LogP contribution in [0.1, 0.15) is 41.5 Å². The van der Waals surface area contributed by atoms with E-state index in [1.807, 2.05) is 0 Å². The maximum Gasteiger partial charge on any atom is 0.437 e. The lowest BCUT2D eigenvalue weighted by Gasteiger charge is -2.26. The van der Waals surface area contributed by atoms with Crippen LogP contribution >= 0.6 is 0 Å². The predicted molar refractivity (Wildman–Crippen MR) is 100 cm³/mol. The van der Waals surface area contributed by atoms with Gasteiger partial charge in [-0.15, -0.1) is 4.99 Å². The van der Waals surface area contributed by atoms with E-state index in [0.717, 1.165) is 4.90 Å². The number of aliphatic imine (C=N–C) groups is 1. The fourth-order valence-electron chi connectivity index (χ4n) is 1.88. The van der Waals surface area contributed by atoms with Crippen LogP contribution in [-0.4, -0.2) is 50.8 Å². The van der Waals surface area contributed by atoms with Crippen LogP contribution in [0.3, 0.4) is 0 Å². The number of amides is 2. The van der Waals surface area contributed by atoms with Crippen molar-refractivity contribution in [2.75, 3.05) is 17.2 Å². The third kappa shape index (κ3) is 6.77. The lowest BCUT2D eigenvalue weighted by molar-refractivity contribution is 0.0601. The number of nitrogens with zero attached hydrogens (tertiary/aromatic N) is 4. The summed E-state index contributed by atoms with van der Waals surface area (Å²) in [6, 6.07) is 0. The Bertz CT molecular complexity index is 714. The lowest BCUT2D eigenvalue weighted by atomic mass is 10.2. The van der Waals surface area contributed by atoms with E-state index in [-0.39, 0.29) is 24.7 Å². The average molecular weight is 384 g/mol. The van der Waals surface area contributed by atoms with Crippen molar-refractivity contribution in [2.24, 2.45) is 10.7 Å². The molecule has 0 saturated carbocycles. The standard InChI is InChI=1S/C16H28N6O5/c1-15(2,3)26-13(24)20-12(18)22(14(25)27-16(4,5)6)10-9-19-21(7-8-23)11(10)17/h9,23H,7-8,17H2,1-6H3,(H2,18,20,24). The quantitative estimate of drug-likeness (QED) is 0.521. The highest BCUT2D eigenvalue weighted by molar-refractivity contribution is 6.16. The Morgan fingerprint density at radius 3 is 2.26 bits per heavy atom. The number of nitrogens with two attached hydrogens (primary N) is 2. The zero-order chi connectivity index (χ0) is 21.0. The predicted octanol–water partition coefficient (Wildman–Crippen LogP) is 1.45. The average Bonchev–Trinajstić information content (AvgIpc) is 2.77. The van der Waals surface area contributed by atoms with Gasteiger partial charge in [0.15, 0.2) is 0 Å². The molecule has 0 aliphatic heterocycles. The first-order chi connectivity index (χ1) is 12.2. The van der Waals surface area contributed by atoms with Crippen molar-refractivity contribution in [3.63, 3.8) is 0 Å². The van der Waals surface area contributed by atoms with Gasteiger partial charge in [-0.3, -0.25) is 0 Å². The molecule has 0 aliphatic rings. The van der Waals surface area contributed by atoms with Crippen molar-refractivity contribution in [3.05, 3.63) is 6.20 Å². The molecule has 11 heteroatoms. The van der Waals surface area contributed by atoms with Gasteiger partial charge in [0.1, 0.15) is 22.7 Å². The van der Waals surface area contributed by atoms with Crippen LogP contribution in [0.15, 0.2) is 11.2 Å². The smallest absolute Gasteiger partial charge is 0.437 e. The molecule has 0 spiro atoms. The summed E-state index contributed by atoms with van der Waals surface area (Å²) in [5.74, 6) is -0.453. The summed E-state index contributed by atoms with van der Waals surface area (Å²) in [7, 11) is 0. The Balaban J connectivity index is 3.30. The second-order valence-corrected chi connectivity index (χ2v) is 7.63. The summed E-state index contributed by atoms with van der Waals surface area (Å²) in [5, 5.41) is 13.0. The molecule has 2 amide bonds. The number of guanidine groups is 1. The molecule has 1 aromatic heterocycles. The highest BCUT2D eigenvalue weighted by atomic mass is 16.6. The van der Waals surface area contributed by atoms with E-state index in [4.69, 9.17) is 26.0 Å². The minimum Gasteiger partial charge on any atom is -0.443 e. The molecule has 27 heavy (non-hydrogen) atoms. The van der Waals surface area contributed by atoms with Gasteiger partial charge in [0.25, 0.3) is 0 Å². The number of aliphatic hydroxyl groups excluding tert-OH is 1. The van der Waals surface area contributed by atoms with Crippen LogP contribution < -0.4 is 16.4 Å². The number of carbonyl (C=O) groups is 2. The first-order valence-corrected chi connectivity index (χ1v) is 8.27. The minimum atomic E-state index is -0.977. The molecule has 1 aromatic rings. The fraction of sp³-hybridized carbons (Fsp3) is 0.625. The van der Waals surface area contributed by atoms with Crippen molar-refractivity contribution in [1.82, 2.24) is 9.78 Å². The molecule has 152 valence electrons. The maximum absolute atomic E-state index is 12.6. The first kappa shape index (κ1) is 22.2. The molecule has 0 radical (unpaired) electrons. The normalized spacial score (nSPS) is 12.6. The van der Waals surface area contributed by atoms with Gasteiger partial charge in [0, 0.05) is 0 Å². The first-order valence-electron chi connectivity index (χ1n) is 8.27. The molecule has 0 saturated heterocycles. The van der Waals surface area contributed by atoms with E-state index in [1.54, 1.807) is 41.5 Å². The van der Waals surface area contributed by atoms with Crippen molar-refractivity contribution >= 4 is 29.7 Å². The number of carbonyl (C=O) groups excluding carboxylic acids is 2. The third-order valence-corrected chi connectivity index (χ3v) is 2.82. The zero-order valence-electron chi connectivity index (χ0n) is 16.5. The largest absolute Gasteiger partial charge is 0.443 e. The van der Waals surface area contributed by atoms with Crippen LogP contribution in [0, 0.1) is 0 Å². The molecule has 1 heterocycles. The highest BCUT2D eigenvalue weighted by Gasteiger charge is 2.30. The zero-order valence-corrected chi connectivity index (χ0v) is 16.5. The molecule has 0 unspecified atom stereocenters. The van der Waals surface area contributed by atoms with E-state index in [0.29, 0.717) is 0 Å². The number of hydrogen-bond donors (Lipinski definition) is 3. The third-order valence-electron chi connectivity index (χ3n) is 2.82. The van der Waals surface area contributed by atoms with Gasteiger partial charge in [-0.1, -0.05) is 0 Å². The number of anilines is 2. The van der Waals surface area contributed by atoms with Crippen LogP contribution in [0.5, 0.6) is 0 Å². The SMILES string of the molecule is CC(C)(C)OC(=O)N=C(N)N(C(=O)OC(C)(C)C)c1cnn(CCO)c1N. The summed E-state index contributed by atoms with van der Waals surface area (Å²) >= 11 is 0. The van der Waals surface area contributed by atoms with Gasteiger partial charge >= 0.3 is 12.2 Å². The Hall–Kier alpha value is -2.82. The van der Waals surface area contributed by atoms with Gasteiger partial charge in [-0.2, -0.15) is 5.10 Å². The molecule has 5 N–H and O–H groups in total. The highest BCUT2D eigenvalue weighted by Crippen LogP contribution is 2.25. The molecule has 0 fully saturated rings.